The number of benzene rings is 1. The first-order chi connectivity index (χ1) is 10.9. The molecule has 2 aromatic rings. The van der Waals surface area contributed by atoms with Crippen molar-refractivity contribution >= 4 is 21.0 Å². The van der Waals surface area contributed by atoms with E-state index >= 15 is 0 Å². The Balaban J connectivity index is 2.10. The fraction of sp³-hybridized carbons (Fsp3) is 0.438. The number of sulfonamides is 1. The average Bonchev–Trinajstić information content (AvgIpc) is 2.53. The standard InChI is InChI=1S/C16H19NO5S/c1-11-4-3-7-17(10-11)23(19,20)15-9-12-8-13(21-2)5-6-14(12)22-16(15)18/h5-6,8-9,11H,3-4,7,10H2,1-2H3/t11-/m1/s1. The highest BCUT2D eigenvalue weighted by atomic mass is 32.2. The van der Waals surface area contributed by atoms with Gasteiger partial charge in [-0.3, -0.25) is 0 Å². The first kappa shape index (κ1) is 16.0. The summed E-state index contributed by atoms with van der Waals surface area (Å²) < 4.78 is 37.3. The summed E-state index contributed by atoms with van der Waals surface area (Å²) in [6.07, 6.45) is 1.79. The van der Waals surface area contributed by atoms with Crippen molar-refractivity contribution in [1.29, 1.82) is 0 Å². The van der Waals surface area contributed by atoms with E-state index in [4.69, 9.17) is 9.15 Å². The summed E-state index contributed by atoms with van der Waals surface area (Å²) in [5.74, 6) is 0.854. The first-order valence-electron chi connectivity index (χ1n) is 7.54. The molecule has 0 amide bonds. The van der Waals surface area contributed by atoms with E-state index in [-0.39, 0.29) is 10.8 Å². The average molecular weight is 337 g/mol. The van der Waals surface area contributed by atoms with Crippen molar-refractivity contribution in [1.82, 2.24) is 4.31 Å². The fourth-order valence-corrected chi connectivity index (χ4v) is 4.52. The number of fused-ring (bicyclic) bond motifs is 1. The van der Waals surface area contributed by atoms with Crippen LogP contribution in [0.4, 0.5) is 0 Å². The Hall–Kier alpha value is -1.86. The van der Waals surface area contributed by atoms with Crippen LogP contribution >= 0.6 is 0 Å². The van der Waals surface area contributed by atoms with Crippen LogP contribution in [-0.4, -0.2) is 32.9 Å². The number of methoxy groups -OCH3 is 1. The number of hydrogen-bond donors (Lipinski definition) is 0. The van der Waals surface area contributed by atoms with Gasteiger partial charge in [0.2, 0.25) is 10.0 Å². The van der Waals surface area contributed by atoms with Crippen molar-refractivity contribution in [2.75, 3.05) is 20.2 Å². The topological polar surface area (TPSA) is 76.8 Å². The second kappa shape index (κ2) is 5.98. The molecule has 0 radical (unpaired) electrons. The molecule has 3 rings (SSSR count). The number of ether oxygens (including phenoxy) is 1. The van der Waals surface area contributed by atoms with Crippen molar-refractivity contribution in [2.45, 2.75) is 24.7 Å². The highest BCUT2D eigenvalue weighted by Crippen LogP contribution is 2.25. The van der Waals surface area contributed by atoms with Crippen LogP contribution < -0.4 is 10.4 Å². The lowest BCUT2D eigenvalue weighted by Gasteiger charge is -2.29. The lowest BCUT2D eigenvalue weighted by molar-refractivity contribution is 0.280. The predicted molar refractivity (Wildman–Crippen MR) is 86.2 cm³/mol. The second-order valence-corrected chi connectivity index (χ2v) is 7.82. The maximum atomic E-state index is 12.8. The minimum absolute atomic E-state index is 0.283. The Morgan fingerprint density at radius 2 is 2.09 bits per heavy atom. The van der Waals surface area contributed by atoms with E-state index in [9.17, 15) is 13.2 Å². The van der Waals surface area contributed by atoms with Gasteiger partial charge in [0.05, 0.1) is 7.11 Å². The zero-order valence-corrected chi connectivity index (χ0v) is 13.9. The summed E-state index contributed by atoms with van der Waals surface area (Å²) in [6.45, 7) is 2.87. The van der Waals surface area contributed by atoms with Crippen LogP contribution in [-0.2, 0) is 10.0 Å². The minimum atomic E-state index is -3.85. The molecule has 1 saturated heterocycles. The van der Waals surface area contributed by atoms with Crippen LogP contribution in [0.15, 0.2) is 38.4 Å². The Morgan fingerprint density at radius 3 is 2.78 bits per heavy atom. The fourth-order valence-electron chi connectivity index (χ4n) is 2.89. The zero-order valence-electron chi connectivity index (χ0n) is 13.1. The third-order valence-electron chi connectivity index (χ3n) is 4.14. The summed E-state index contributed by atoms with van der Waals surface area (Å²) >= 11 is 0. The van der Waals surface area contributed by atoms with E-state index < -0.39 is 15.6 Å². The van der Waals surface area contributed by atoms with Gasteiger partial charge in [-0.05, 0) is 43.0 Å². The number of rotatable bonds is 3. The Kier molecular flexibility index (Phi) is 4.16. The first-order valence-corrected chi connectivity index (χ1v) is 8.98. The van der Waals surface area contributed by atoms with Gasteiger partial charge in [0, 0.05) is 18.5 Å². The number of nitrogens with zero attached hydrogens (tertiary/aromatic N) is 1. The van der Waals surface area contributed by atoms with Crippen molar-refractivity contribution in [3.8, 4) is 5.75 Å². The summed E-state index contributed by atoms with van der Waals surface area (Å²) in [5.41, 5.74) is -0.498. The molecule has 1 aliphatic rings. The van der Waals surface area contributed by atoms with E-state index in [0.717, 1.165) is 12.8 Å². The minimum Gasteiger partial charge on any atom is -0.497 e. The zero-order chi connectivity index (χ0) is 16.6. The van der Waals surface area contributed by atoms with Gasteiger partial charge >= 0.3 is 5.63 Å². The van der Waals surface area contributed by atoms with E-state index in [2.05, 4.69) is 0 Å². The molecule has 7 heteroatoms. The molecule has 124 valence electrons. The van der Waals surface area contributed by atoms with Gasteiger partial charge in [-0.1, -0.05) is 6.92 Å². The van der Waals surface area contributed by atoms with Crippen LogP contribution in [0.25, 0.3) is 11.0 Å². The third-order valence-corrected chi connectivity index (χ3v) is 6.00. The van der Waals surface area contributed by atoms with Gasteiger partial charge in [0.1, 0.15) is 11.3 Å². The SMILES string of the molecule is COc1ccc2oc(=O)c(S(=O)(=O)N3CCC[C@@H](C)C3)cc2c1. The molecule has 1 atom stereocenters. The molecule has 0 spiro atoms. The van der Waals surface area contributed by atoms with Crippen molar-refractivity contribution < 1.29 is 17.6 Å². The summed E-state index contributed by atoms with van der Waals surface area (Å²) in [4.78, 5) is 11.8. The van der Waals surface area contributed by atoms with E-state index in [1.165, 1.54) is 17.5 Å². The molecule has 0 saturated carbocycles. The van der Waals surface area contributed by atoms with Gasteiger partial charge in [-0.25, -0.2) is 13.2 Å². The Morgan fingerprint density at radius 1 is 1.30 bits per heavy atom. The van der Waals surface area contributed by atoms with Crippen LogP contribution in [0.5, 0.6) is 5.75 Å². The van der Waals surface area contributed by atoms with E-state index in [1.807, 2.05) is 6.92 Å². The van der Waals surface area contributed by atoms with Crippen LogP contribution in [0.1, 0.15) is 19.8 Å². The summed E-state index contributed by atoms with van der Waals surface area (Å²) in [7, 11) is -2.33. The molecule has 0 N–H and O–H groups in total. The largest absolute Gasteiger partial charge is 0.497 e. The molecule has 0 unspecified atom stereocenters. The monoisotopic (exact) mass is 337 g/mol. The third kappa shape index (κ3) is 2.98. The van der Waals surface area contributed by atoms with Crippen LogP contribution in [0.2, 0.25) is 0 Å². The lowest BCUT2D eigenvalue weighted by atomic mass is 10.0. The van der Waals surface area contributed by atoms with Crippen LogP contribution in [0.3, 0.4) is 0 Å². The normalized spacial score (nSPS) is 19.8. The van der Waals surface area contributed by atoms with E-state index in [1.54, 1.807) is 18.2 Å². The highest BCUT2D eigenvalue weighted by molar-refractivity contribution is 7.89. The smallest absolute Gasteiger partial charge is 0.356 e. The van der Waals surface area contributed by atoms with Crippen LogP contribution in [0, 0.1) is 5.92 Å². The molecule has 23 heavy (non-hydrogen) atoms. The number of hydrogen-bond acceptors (Lipinski definition) is 5. The van der Waals surface area contributed by atoms with Crippen molar-refractivity contribution in [3.05, 3.63) is 34.7 Å². The molecular weight excluding hydrogens is 318 g/mol. The number of piperidine rings is 1. The molecule has 1 aliphatic heterocycles. The lowest BCUT2D eigenvalue weighted by Crippen LogP contribution is -2.40. The molecule has 1 fully saturated rings. The quantitative estimate of drug-likeness (QED) is 0.803. The molecule has 0 aliphatic carbocycles. The maximum absolute atomic E-state index is 12.8. The summed E-state index contributed by atoms with van der Waals surface area (Å²) in [6, 6.07) is 6.27. The predicted octanol–water partition coefficient (Wildman–Crippen LogP) is 2.22. The molecule has 2 heterocycles. The molecule has 1 aromatic heterocycles. The van der Waals surface area contributed by atoms with Crippen molar-refractivity contribution in [3.63, 3.8) is 0 Å². The molecular formula is C16H19NO5S. The summed E-state index contributed by atoms with van der Waals surface area (Å²) in [5, 5.41) is 0.521. The highest BCUT2D eigenvalue weighted by Gasteiger charge is 2.31. The Labute approximate surface area is 134 Å². The second-order valence-electron chi connectivity index (χ2n) is 5.91. The van der Waals surface area contributed by atoms with Gasteiger partial charge in [-0.2, -0.15) is 4.31 Å². The molecule has 0 bridgehead atoms. The van der Waals surface area contributed by atoms with Gasteiger partial charge in [0.25, 0.3) is 0 Å². The van der Waals surface area contributed by atoms with E-state index in [0.29, 0.717) is 29.8 Å². The van der Waals surface area contributed by atoms with Gasteiger partial charge in [0.15, 0.2) is 4.90 Å². The molecule has 6 nitrogen and oxygen atoms in total. The van der Waals surface area contributed by atoms with Gasteiger partial charge in [-0.15, -0.1) is 0 Å². The maximum Gasteiger partial charge on any atom is 0.356 e. The van der Waals surface area contributed by atoms with Crippen molar-refractivity contribution in [2.24, 2.45) is 5.92 Å². The van der Waals surface area contributed by atoms with Gasteiger partial charge < -0.3 is 9.15 Å². The molecule has 1 aromatic carbocycles. The Bertz CT molecular complexity index is 887.